The molecule has 1 amide bonds. The molecule has 1 N–H and O–H groups in total. The van der Waals surface area contributed by atoms with Crippen LogP contribution < -0.4 is 5.32 Å². The predicted octanol–water partition coefficient (Wildman–Crippen LogP) is 3.26. The lowest BCUT2D eigenvalue weighted by atomic mass is 9.63. The Labute approximate surface area is 116 Å². The minimum atomic E-state index is -0.709. The van der Waals surface area contributed by atoms with E-state index in [0.717, 1.165) is 37.6 Å². The van der Waals surface area contributed by atoms with E-state index < -0.39 is 5.41 Å². The molecule has 19 heavy (non-hydrogen) atoms. The standard InChI is InChI=1S/C16H26N2O/c1-12-4-3-5-14(8-12)6-7-18-15(19)16(11-17)9-13(2)10-16/h12-14H,3-10H2,1-2H3,(H,18,19). The maximum atomic E-state index is 12.1. The molecule has 0 heterocycles. The Kier molecular flexibility index (Phi) is 4.50. The largest absolute Gasteiger partial charge is 0.355 e. The number of carbonyl (C=O) groups is 1. The van der Waals surface area contributed by atoms with E-state index in [0.29, 0.717) is 5.92 Å². The van der Waals surface area contributed by atoms with Crippen LogP contribution in [0.5, 0.6) is 0 Å². The van der Waals surface area contributed by atoms with Crippen molar-refractivity contribution in [3.05, 3.63) is 0 Å². The fourth-order valence-corrected chi connectivity index (χ4v) is 3.84. The van der Waals surface area contributed by atoms with Crippen LogP contribution in [-0.2, 0) is 4.79 Å². The molecule has 3 heteroatoms. The average molecular weight is 262 g/mol. The average Bonchev–Trinajstić information content (AvgIpc) is 2.34. The van der Waals surface area contributed by atoms with E-state index >= 15 is 0 Å². The van der Waals surface area contributed by atoms with Crippen molar-refractivity contribution in [3.63, 3.8) is 0 Å². The highest BCUT2D eigenvalue weighted by atomic mass is 16.2. The highest BCUT2D eigenvalue weighted by Gasteiger charge is 2.48. The van der Waals surface area contributed by atoms with Crippen LogP contribution in [0, 0.1) is 34.5 Å². The van der Waals surface area contributed by atoms with Gasteiger partial charge in [-0.05, 0) is 43.4 Å². The number of amides is 1. The zero-order chi connectivity index (χ0) is 13.9. The lowest BCUT2D eigenvalue weighted by molar-refractivity contribution is -0.134. The quantitative estimate of drug-likeness (QED) is 0.845. The fourth-order valence-electron chi connectivity index (χ4n) is 3.84. The normalized spacial score (nSPS) is 38.1. The Bertz CT molecular complexity index is 365. The second-order valence-electron chi connectivity index (χ2n) is 6.89. The molecule has 0 bridgehead atoms. The number of hydrogen-bond acceptors (Lipinski definition) is 2. The third-order valence-corrected chi connectivity index (χ3v) is 4.93. The van der Waals surface area contributed by atoms with Crippen molar-refractivity contribution in [1.82, 2.24) is 5.32 Å². The van der Waals surface area contributed by atoms with Gasteiger partial charge in [-0.3, -0.25) is 4.79 Å². The fraction of sp³-hybridized carbons (Fsp3) is 0.875. The third-order valence-electron chi connectivity index (χ3n) is 4.93. The molecule has 2 atom stereocenters. The Hall–Kier alpha value is -1.04. The van der Waals surface area contributed by atoms with Crippen LogP contribution in [0.1, 0.15) is 58.8 Å². The molecule has 0 aliphatic heterocycles. The van der Waals surface area contributed by atoms with E-state index in [9.17, 15) is 10.1 Å². The molecular weight excluding hydrogens is 236 g/mol. The Morgan fingerprint density at radius 3 is 2.63 bits per heavy atom. The maximum absolute atomic E-state index is 12.1. The molecule has 0 aromatic carbocycles. The number of carbonyl (C=O) groups excluding carboxylic acids is 1. The van der Waals surface area contributed by atoms with Gasteiger partial charge in [-0.2, -0.15) is 5.26 Å². The number of hydrogen-bond donors (Lipinski definition) is 1. The molecule has 0 spiro atoms. The Morgan fingerprint density at radius 1 is 1.32 bits per heavy atom. The smallest absolute Gasteiger partial charge is 0.240 e. The predicted molar refractivity (Wildman–Crippen MR) is 75.2 cm³/mol. The van der Waals surface area contributed by atoms with Crippen LogP contribution in [-0.4, -0.2) is 12.5 Å². The lowest BCUT2D eigenvalue weighted by Crippen LogP contribution is -2.48. The van der Waals surface area contributed by atoms with Gasteiger partial charge < -0.3 is 5.32 Å². The third kappa shape index (κ3) is 3.29. The number of rotatable bonds is 4. The molecule has 2 aliphatic carbocycles. The second kappa shape index (κ2) is 5.94. The van der Waals surface area contributed by atoms with Crippen molar-refractivity contribution < 1.29 is 4.79 Å². The number of nitrogens with one attached hydrogen (secondary N) is 1. The van der Waals surface area contributed by atoms with Crippen molar-refractivity contribution >= 4 is 5.91 Å². The van der Waals surface area contributed by atoms with Crippen LogP contribution in [0.3, 0.4) is 0 Å². The van der Waals surface area contributed by atoms with E-state index in [1.807, 2.05) is 0 Å². The lowest BCUT2D eigenvalue weighted by Gasteiger charge is -2.39. The van der Waals surface area contributed by atoms with Gasteiger partial charge >= 0.3 is 0 Å². The van der Waals surface area contributed by atoms with E-state index in [-0.39, 0.29) is 5.91 Å². The molecule has 106 valence electrons. The summed E-state index contributed by atoms with van der Waals surface area (Å²) in [5, 5.41) is 12.2. The molecule has 2 saturated carbocycles. The number of nitriles is 1. The first-order valence-electron chi connectivity index (χ1n) is 7.75. The highest BCUT2D eigenvalue weighted by molar-refractivity contribution is 5.86. The van der Waals surface area contributed by atoms with Gasteiger partial charge in [-0.1, -0.05) is 33.1 Å². The van der Waals surface area contributed by atoms with Crippen LogP contribution in [0.15, 0.2) is 0 Å². The van der Waals surface area contributed by atoms with E-state index in [1.54, 1.807) is 0 Å². The van der Waals surface area contributed by atoms with Crippen molar-refractivity contribution in [2.45, 2.75) is 58.8 Å². The van der Waals surface area contributed by atoms with E-state index in [2.05, 4.69) is 25.2 Å². The molecule has 3 nitrogen and oxygen atoms in total. The van der Waals surface area contributed by atoms with Crippen molar-refractivity contribution in [2.24, 2.45) is 23.2 Å². The number of nitrogens with zero attached hydrogens (tertiary/aromatic N) is 1. The van der Waals surface area contributed by atoms with Gasteiger partial charge in [0, 0.05) is 6.54 Å². The van der Waals surface area contributed by atoms with Crippen LogP contribution in [0.2, 0.25) is 0 Å². The summed E-state index contributed by atoms with van der Waals surface area (Å²) in [6.07, 6.45) is 7.84. The SMILES string of the molecule is CC1CCCC(CCNC(=O)C2(C#N)CC(C)C2)C1. The van der Waals surface area contributed by atoms with Gasteiger partial charge in [0.25, 0.3) is 0 Å². The van der Waals surface area contributed by atoms with Gasteiger partial charge in [-0.25, -0.2) is 0 Å². The molecule has 2 unspecified atom stereocenters. The zero-order valence-electron chi connectivity index (χ0n) is 12.2. The molecule has 2 fully saturated rings. The van der Waals surface area contributed by atoms with Crippen LogP contribution in [0.25, 0.3) is 0 Å². The van der Waals surface area contributed by atoms with Crippen LogP contribution in [0.4, 0.5) is 0 Å². The minimum Gasteiger partial charge on any atom is -0.355 e. The summed E-state index contributed by atoms with van der Waals surface area (Å²) < 4.78 is 0. The van der Waals surface area contributed by atoms with Gasteiger partial charge in [0.1, 0.15) is 5.41 Å². The summed E-state index contributed by atoms with van der Waals surface area (Å²) in [7, 11) is 0. The summed E-state index contributed by atoms with van der Waals surface area (Å²) in [6.45, 7) is 5.17. The summed E-state index contributed by atoms with van der Waals surface area (Å²) >= 11 is 0. The van der Waals surface area contributed by atoms with Crippen molar-refractivity contribution in [2.75, 3.05) is 6.54 Å². The molecule has 2 aliphatic rings. The second-order valence-corrected chi connectivity index (χ2v) is 6.89. The first-order valence-corrected chi connectivity index (χ1v) is 7.75. The Morgan fingerprint density at radius 2 is 2.05 bits per heavy atom. The molecule has 0 saturated heterocycles. The van der Waals surface area contributed by atoms with Gasteiger partial charge in [-0.15, -0.1) is 0 Å². The van der Waals surface area contributed by atoms with E-state index in [1.165, 1.54) is 25.7 Å². The highest BCUT2D eigenvalue weighted by Crippen LogP contribution is 2.45. The van der Waals surface area contributed by atoms with Crippen molar-refractivity contribution in [3.8, 4) is 6.07 Å². The first-order chi connectivity index (χ1) is 9.05. The molecule has 2 rings (SSSR count). The Balaban J connectivity index is 1.71. The molecule has 0 aromatic rings. The topological polar surface area (TPSA) is 52.9 Å². The zero-order valence-corrected chi connectivity index (χ0v) is 12.2. The summed E-state index contributed by atoms with van der Waals surface area (Å²) in [4.78, 5) is 12.1. The van der Waals surface area contributed by atoms with Gasteiger partial charge in [0.2, 0.25) is 5.91 Å². The van der Waals surface area contributed by atoms with Crippen molar-refractivity contribution in [1.29, 1.82) is 5.26 Å². The maximum Gasteiger partial charge on any atom is 0.240 e. The first kappa shape index (κ1) is 14.4. The van der Waals surface area contributed by atoms with Gasteiger partial charge in [0.05, 0.1) is 6.07 Å². The monoisotopic (exact) mass is 262 g/mol. The molecule has 0 radical (unpaired) electrons. The summed E-state index contributed by atoms with van der Waals surface area (Å²) in [5.41, 5.74) is -0.709. The van der Waals surface area contributed by atoms with Gasteiger partial charge in [0.15, 0.2) is 0 Å². The molecule has 0 aromatic heterocycles. The molecular formula is C16H26N2O. The van der Waals surface area contributed by atoms with E-state index in [4.69, 9.17) is 0 Å². The van der Waals surface area contributed by atoms with Crippen LogP contribution >= 0.6 is 0 Å². The minimum absolute atomic E-state index is 0.0306. The summed E-state index contributed by atoms with van der Waals surface area (Å²) in [5.74, 6) is 2.09. The summed E-state index contributed by atoms with van der Waals surface area (Å²) in [6, 6.07) is 2.23.